The van der Waals surface area contributed by atoms with Crippen molar-refractivity contribution in [1.82, 2.24) is 0 Å². The molecule has 0 fully saturated rings. The summed E-state index contributed by atoms with van der Waals surface area (Å²) in [5, 5.41) is 0. The van der Waals surface area contributed by atoms with Gasteiger partial charge in [-0.05, 0) is 31.2 Å². The van der Waals surface area contributed by atoms with Crippen LogP contribution in [0.1, 0.15) is 35.7 Å². The van der Waals surface area contributed by atoms with Gasteiger partial charge in [-0.25, -0.2) is 4.79 Å². The van der Waals surface area contributed by atoms with Gasteiger partial charge in [0.25, 0.3) is 0 Å². The van der Waals surface area contributed by atoms with E-state index in [9.17, 15) is 4.79 Å². The number of allylic oxidation sites excluding steroid dienone is 1. The van der Waals surface area contributed by atoms with Crippen LogP contribution in [0.3, 0.4) is 0 Å². The minimum absolute atomic E-state index is 0.0582. The lowest BCUT2D eigenvalue weighted by atomic mass is 9.96. The smallest absolute Gasteiger partial charge is 0.337 e. The van der Waals surface area contributed by atoms with Crippen LogP contribution in [0.15, 0.2) is 30.4 Å². The number of carbonyl (C=O) groups is 1. The van der Waals surface area contributed by atoms with Gasteiger partial charge in [-0.3, -0.25) is 0 Å². The van der Waals surface area contributed by atoms with Gasteiger partial charge in [0, 0.05) is 11.5 Å². The predicted octanol–water partition coefficient (Wildman–Crippen LogP) is 2.91. The highest BCUT2D eigenvalue weighted by atomic mass is 16.5. The molecule has 0 saturated carbocycles. The maximum Gasteiger partial charge on any atom is 0.337 e. The van der Waals surface area contributed by atoms with Crippen molar-refractivity contribution in [3.05, 3.63) is 41.5 Å². The molecule has 0 aromatic heterocycles. The third-order valence-corrected chi connectivity index (χ3v) is 3.06. The zero-order chi connectivity index (χ0) is 12.4. The quantitative estimate of drug-likeness (QED) is 0.581. The fourth-order valence-corrected chi connectivity index (χ4v) is 2.08. The Bertz CT molecular complexity index is 463. The Balaban J connectivity index is 2.33. The lowest BCUT2D eigenvalue weighted by Crippen LogP contribution is -2.12. The Morgan fingerprint density at radius 3 is 2.88 bits per heavy atom. The van der Waals surface area contributed by atoms with E-state index in [0.29, 0.717) is 5.56 Å². The number of carbonyl (C=O) groups excluding carboxylic acids is 1. The lowest BCUT2D eigenvalue weighted by Gasteiger charge is -2.09. The molecule has 0 N–H and O–H groups in total. The van der Waals surface area contributed by atoms with E-state index in [1.165, 1.54) is 7.11 Å². The number of esters is 1. The summed E-state index contributed by atoms with van der Waals surface area (Å²) in [4.78, 5) is 11.5. The number of hydrogen-bond acceptors (Lipinski definition) is 3. The average Bonchev–Trinajstić information content (AvgIpc) is 2.66. The first-order valence-electron chi connectivity index (χ1n) is 5.69. The third kappa shape index (κ3) is 2.05. The zero-order valence-electron chi connectivity index (χ0n) is 10.3. The van der Waals surface area contributed by atoms with Crippen LogP contribution in [0, 0.1) is 0 Å². The largest absolute Gasteiger partial charge is 0.485 e. The number of benzene rings is 1. The number of fused-ring (bicyclic) bond motifs is 1. The van der Waals surface area contributed by atoms with Crippen molar-refractivity contribution in [2.24, 2.45) is 0 Å². The summed E-state index contributed by atoms with van der Waals surface area (Å²) in [7, 11) is 1.39. The van der Waals surface area contributed by atoms with Crippen LogP contribution in [0.5, 0.6) is 5.75 Å². The van der Waals surface area contributed by atoms with Crippen molar-refractivity contribution in [1.29, 1.82) is 0 Å². The van der Waals surface area contributed by atoms with E-state index in [2.05, 4.69) is 6.92 Å². The molecule has 0 aliphatic carbocycles. The molecule has 1 aromatic rings. The van der Waals surface area contributed by atoms with Crippen molar-refractivity contribution in [3.63, 3.8) is 0 Å². The summed E-state index contributed by atoms with van der Waals surface area (Å²) in [5.74, 6) is 0.800. The van der Waals surface area contributed by atoms with Gasteiger partial charge < -0.3 is 9.47 Å². The van der Waals surface area contributed by atoms with Gasteiger partial charge in [-0.15, -0.1) is 0 Å². The molecule has 1 heterocycles. The van der Waals surface area contributed by atoms with E-state index in [0.717, 1.165) is 11.3 Å². The molecule has 0 radical (unpaired) electrons. The minimum Gasteiger partial charge on any atom is -0.485 e. The van der Waals surface area contributed by atoms with E-state index in [4.69, 9.17) is 9.47 Å². The summed E-state index contributed by atoms with van der Waals surface area (Å²) in [5.41, 5.74) is 1.64. The second kappa shape index (κ2) is 4.62. The van der Waals surface area contributed by atoms with Gasteiger partial charge in [-0.1, -0.05) is 13.0 Å². The van der Waals surface area contributed by atoms with Gasteiger partial charge >= 0.3 is 5.97 Å². The fourth-order valence-electron chi connectivity index (χ4n) is 2.08. The Labute approximate surface area is 101 Å². The second-order valence-corrected chi connectivity index (χ2v) is 4.14. The molecule has 1 aromatic carbocycles. The van der Waals surface area contributed by atoms with Crippen LogP contribution in [-0.2, 0) is 4.74 Å². The minimum atomic E-state index is -0.311. The summed E-state index contributed by atoms with van der Waals surface area (Å²) in [6, 6.07) is 5.42. The first-order valence-corrected chi connectivity index (χ1v) is 5.69. The Morgan fingerprint density at radius 2 is 2.24 bits per heavy atom. The number of hydrogen-bond donors (Lipinski definition) is 0. The molecule has 2 rings (SSSR count). The fraction of sp³-hybridized carbons (Fsp3) is 0.357. The highest BCUT2D eigenvalue weighted by molar-refractivity contribution is 5.89. The monoisotopic (exact) mass is 232 g/mol. The van der Waals surface area contributed by atoms with Crippen molar-refractivity contribution in [2.45, 2.75) is 25.9 Å². The normalized spacial score (nSPS) is 22.3. The van der Waals surface area contributed by atoms with Crippen LogP contribution in [0.4, 0.5) is 0 Å². The SMILES string of the molecule is C/C=C/[C@@H]1Oc2ccc(C(=O)OC)cc2[C@H]1C. The Hall–Kier alpha value is -1.77. The predicted molar refractivity (Wildman–Crippen MR) is 65.4 cm³/mol. The van der Waals surface area contributed by atoms with Crippen molar-refractivity contribution < 1.29 is 14.3 Å². The third-order valence-electron chi connectivity index (χ3n) is 3.06. The standard InChI is InChI=1S/C14H16O3/c1-4-5-12-9(2)11-8-10(14(15)16-3)6-7-13(11)17-12/h4-9,12H,1-3H3/b5-4+/t9-,12+/m1/s1. The van der Waals surface area contributed by atoms with Gasteiger partial charge in [0.05, 0.1) is 12.7 Å². The van der Waals surface area contributed by atoms with E-state index >= 15 is 0 Å². The van der Waals surface area contributed by atoms with Crippen LogP contribution in [-0.4, -0.2) is 19.2 Å². The molecule has 0 spiro atoms. The molecular formula is C14H16O3. The first kappa shape index (κ1) is 11.7. The van der Waals surface area contributed by atoms with E-state index in [1.807, 2.05) is 31.2 Å². The maximum atomic E-state index is 11.5. The molecule has 17 heavy (non-hydrogen) atoms. The molecule has 0 unspecified atom stereocenters. The van der Waals surface area contributed by atoms with Crippen LogP contribution >= 0.6 is 0 Å². The highest BCUT2D eigenvalue weighted by Crippen LogP contribution is 2.39. The van der Waals surface area contributed by atoms with E-state index < -0.39 is 0 Å². The molecule has 3 heteroatoms. The van der Waals surface area contributed by atoms with E-state index in [-0.39, 0.29) is 18.0 Å². The Kier molecular flexibility index (Phi) is 3.18. The van der Waals surface area contributed by atoms with Crippen molar-refractivity contribution in [2.75, 3.05) is 7.11 Å². The van der Waals surface area contributed by atoms with Gasteiger partial charge in [-0.2, -0.15) is 0 Å². The Morgan fingerprint density at radius 1 is 1.47 bits per heavy atom. The molecule has 1 aliphatic rings. The number of methoxy groups -OCH3 is 1. The second-order valence-electron chi connectivity index (χ2n) is 4.14. The molecule has 3 nitrogen and oxygen atoms in total. The van der Waals surface area contributed by atoms with Crippen molar-refractivity contribution in [3.8, 4) is 5.75 Å². The topological polar surface area (TPSA) is 35.5 Å². The van der Waals surface area contributed by atoms with Crippen LogP contribution < -0.4 is 4.74 Å². The van der Waals surface area contributed by atoms with Gasteiger partial charge in [0.15, 0.2) is 0 Å². The molecular weight excluding hydrogens is 216 g/mol. The molecule has 1 aliphatic heterocycles. The molecule has 0 amide bonds. The van der Waals surface area contributed by atoms with Gasteiger partial charge in [0.2, 0.25) is 0 Å². The molecule has 90 valence electrons. The number of rotatable bonds is 2. The first-order chi connectivity index (χ1) is 8.17. The summed E-state index contributed by atoms with van der Waals surface area (Å²) >= 11 is 0. The van der Waals surface area contributed by atoms with Gasteiger partial charge in [0.1, 0.15) is 11.9 Å². The van der Waals surface area contributed by atoms with Crippen LogP contribution in [0.25, 0.3) is 0 Å². The zero-order valence-corrected chi connectivity index (χ0v) is 10.3. The lowest BCUT2D eigenvalue weighted by molar-refractivity contribution is 0.0600. The average molecular weight is 232 g/mol. The molecule has 2 atom stereocenters. The molecule has 0 saturated heterocycles. The highest BCUT2D eigenvalue weighted by Gasteiger charge is 2.29. The van der Waals surface area contributed by atoms with E-state index in [1.54, 1.807) is 6.07 Å². The summed E-state index contributed by atoms with van der Waals surface area (Å²) in [6.07, 6.45) is 4.07. The maximum absolute atomic E-state index is 11.5. The summed E-state index contributed by atoms with van der Waals surface area (Å²) < 4.78 is 10.5. The van der Waals surface area contributed by atoms with Crippen molar-refractivity contribution >= 4 is 5.97 Å². The molecule has 0 bridgehead atoms. The summed E-state index contributed by atoms with van der Waals surface area (Å²) in [6.45, 7) is 4.07. The number of ether oxygens (including phenoxy) is 2. The van der Waals surface area contributed by atoms with Crippen LogP contribution in [0.2, 0.25) is 0 Å².